The van der Waals surface area contributed by atoms with Gasteiger partial charge in [0.15, 0.2) is 0 Å². The number of hydrogen-bond acceptors (Lipinski definition) is 6. The van der Waals surface area contributed by atoms with Crippen molar-refractivity contribution in [3.8, 4) is 0 Å². The standard InChI is InChI=1S/C19H23Cl2N3O3/c1-19(2,3)27-18(25)17-23-15(10-26-5)13(16(22-4)24-17)8-11-6-7-12(20)9-14(11)21/h6-7,9H,8,10H2,1-5H3,(H,22,23,24). The molecule has 0 aliphatic carbocycles. The number of hydrogen-bond donors (Lipinski definition) is 1. The zero-order valence-electron chi connectivity index (χ0n) is 16.0. The van der Waals surface area contributed by atoms with Crippen molar-refractivity contribution in [2.75, 3.05) is 19.5 Å². The maximum Gasteiger partial charge on any atom is 0.376 e. The Labute approximate surface area is 169 Å². The van der Waals surface area contributed by atoms with Gasteiger partial charge >= 0.3 is 5.97 Å². The van der Waals surface area contributed by atoms with Gasteiger partial charge < -0.3 is 14.8 Å². The molecular weight excluding hydrogens is 389 g/mol. The van der Waals surface area contributed by atoms with Crippen LogP contribution in [0.3, 0.4) is 0 Å². The summed E-state index contributed by atoms with van der Waals surface area (Å²) in [5.41, 5.74) is 1.60. The molecule has 0 fully saturated rings. The Balaban J connectivity index is 2.48. The van der Waals surface area contributed by atoms with Gasteiger partial charge in [-0.2, -0.15) is 0 Å². The van der Waals surface area contributed by atoms with Crippen molar-refractivity contribution in [2.24, 2.45) is 0 Å². The van der Waals surface area contributed by atoms with E-state index in [1.807, 2.05) is 6.07 Å². The lowest BCUT2D eigenvalue weighted by molar-refractivity contribution is 0.00548. The topological polar surface area (TPSA) is 73.3 Å². The van der Waals surface area contributed by atoms with E-state index in [1.165, 1.54) is 0 Å². The van der Waals surface area contributed by atoms with Gasteiger partial charge in [-0.25, -0.2) is 14.8 Å². The van der Waals surface area contributed by atoms with Crippen LogP contribution in [0.25, 0.3) is 0 Å². The second-order valence-corrected chi connectivity index (χ2v) is 7.76. The van der Waals surface area contributed by atoms with E-state index in [0.29, 0.717) is 28.0 Å². The molecule has 0 aliphatic heterocycles. The molecule has 1 aromatic carbocycles. The number of methoxy groups -OCH3 is 1. The fourth-order valence-corrected chi connectivity index (χ4v) is 2.92. The van der Waals surface area contributed by atoms with E-state index >= 15 is 0 Å². The van der Waals surface area contributed by atoms with Crippen molar-refractivity contribution in [2.45, 2.75) is 39.4 Å². The minimum atomic E-state index is -0.642. The zero-order valence-corrected chi connectivity index (χ0v) is 17.5. The molecular formula is C19H23Cl2N3O3. The van der Waals surface area contributed by atoms with Gasteiger partial charge in [0.25, 0.3) is 0 Å². The third-order valence-electron chi connectivity index (χ3n) is 3.57. The largest absolute Gasteiger partial charge is 0.454 e. The van der Waals surface area contributed by atoms with Crippen LogP contribution in [-0.4, -0.2) is 35.7 Å². The summed E-state index contributed by atoms with van der Waals surface area (Å²) in [4.78, 5) is 21.1. The number of carbonyl (C=O) groups is 1. The van der Waals surface area contributed by atoms with Crippen LogP contribution in [-0.2, 0) is 22.5 Å². The first-order valence-electron chi connectivity index (χ1n) is 8.38. The van der Waals surface area contributed by atoms with Crippen LogP contribution >= 0.6 is 23.2 Å². The Bertz CT molecular complexity index is 836. The molecule has 0 spiro atoms. The second kappa shape index (κ2) is 8.87. The van der Waals surface area contributed by atoms with Crippen LogP contribution < -0.4 is 5.32 Å². The summed E-state index contributed by atoms with van der Waals surface area (Å²) in [6, 6.07) is 5.31. The van der Waals surface area contributed by atoms with Crippen LogP contribution in [0.2, 0.25) is 10.0 Å². The number of rotatable bonds is 6. The number of aromatic nitrogens is 2. The third kappa shape index (κ3) is 5.79. The van der Waals surface area contributed by atoms with E-state index in [9.17, 15) is 4.79 Å². The fourth-order valence-electron chi connectivity index (χ4n) is 2.45. The Kier molecular flexibility index (Phi) is 7.03. The number of ether oxygens (including phenoxy) is 2. The molecule has 146 valence electrons. The Morgan fingerprint density at radius 1 is 1.22 bits per heavy atom. The van der Waals surface area contributed by atoms with E-state index in [2.05, 4.69) is 15.3 Å². The average molecular weight is 412 g/mol. The van der Waals surface area contributed by atoms with Gasteiger partial charge in [-0.3, -0.25) is 0 Å². The Morgan fingerprint density at radius 2 is 1.93 bits per heavy atom. The summed E-state index contributed by atoms with van der Waals surface area (Å²) in [5.74, 6) is -0.0939. The molecule has 6 nitrogen and oxygen atoms in total. The van der Waals surface area contributed by atoms with Crippen LogP contribution in [0.5, 0.6) is 0 Å². The molecule has 27 heavy (non-hydrogen) atoms. The smallest absolute Gasteiger partial charge is 0.376 e. The molecule has 0 radical (unpaired) electrons. The molecule has 0 saturated carbocycles. The van der Waals surface area contributed by atoms with Crippen molar-refractivity contribution in [1.82, 2.24) is 9.97 Å². The zero-order chi connectivity index (χ0) is 20.2. The molecule has 2 aromatic rings. The van der Waals surface area contributed by atoms with Crippen molar-refractivity contribution < 1.29 is 14.3 Å². The van der Waals surface area contributed by atoms with Crippen molar-refractivity contribution >= 4 is 35.0 Å². The minimum absolute atomic E-state index is 0.0210. The van der Waals surface area contributed by atoms with Gasteiger partial charge in [0.05, 0.1) is 12.3 Å². The molecule has 0 aliphatic rings. The van der Waals surface area contributed by atoms with Crippen LogP contribution in [0, 0.1) is 0 Å². The lowest BCUT2D eigenvalue weighted by atomic mass is 10.0. The van der Waals surface area contributed by atoms with Gasteiger partial charge in [0.2, 0.25) is 5.82 Å². The summed E-state index contributed by atoms with van der Waals surface area (Å²) in [6.07, 6.45) is 0.458. The molecule has 0 bridgehead atoms. The van der Waals surface area contributed by atoms with Gasteiger partial charge in [-0.1, -0.05) is 29.3 Å². The normalized spacial score (nSPS) is 11.4. The fraction of sp³-hybridized carbons (Fsp3) is 0.421. The van der Waals surface area contributed by atoms with Crippen LogP contribution in [0.15, 0.2) is 18.2 Å². The van der Waals surface area contributed by atoms with Crippen LogP contribution in [0.4, 0.5) is 5.82 Å². The van der Waals surface area contributed by atoms with E-state index in [4.69, 9.17) is 32.7 Å². The molecule has 0 atom stereocenters. The first-order chi connectivity index (χ1) is 12.6. The highest BCUT2D eigenvalue weighted by Gasteiger charge is 2.24. The van der Waals surface area contributed by atoms with E-state index < -0.39 is 11.6 Å². The molecule has 1 N–H and O–H groups in total. The third-order valence-corrected chi connectivity index (χ3v) is 4.16. The maximum atomic E-state index is 12.4. The Morgan fingerprint density at radius 3 is 2.48 bits per heavy atom. The van der Waals surface area contributed by atoms with Crippen molar-refractivity contribution in [3.63, 3.8) is 0 Å². The predicted molar refractivity (Wildman–Crippen MR) is 107 cm³/mol. The number of anilines is 1. The van der Waals surface area contributed by atoms with Gasteiger partial charge in [-0.05, 0) is 38.5 Å². The van der Waals surface area contributed by atoms with Gasteiger partial charge in [0.1, 0.15) is 11.4 Å². The summed E-state index contributed by atoms with van der Waals surface area (Å²) in [5, 5.41) is 4.13. The van der Waals surface area contributed by atoms with Crippen LogP contribution in [0.1, 0.15) is 48.2 Å². The average Bonchev–Trinajstić information content (AvgIpc) is 2.56. The molecule has 0 saturated heterocycles. The number of benzene rings is 1. The number of carbonyl (C=O) groups excluding carboxylic acids is 1. The number of halogens is 2. The Hall–Kier alpha value is -1.89. The molecule has 2 rings (SSSR count). The highest BCUT2D eigenvalue weighted by molar-refractivity contribution is 6.35. The predicted octanol–water partition coefficient (Wildman–Crippen LogP) is 4.52. The van der Waals surface area contributed by atoms with Crippen molar-refractivity contribution in [1.29, 1.82) is 0 Å². The minimum Gasteiger partial charge on any atom is -0.454 e. The molecule has 8 heteroatoms. The number of nitrogens with one attached hydrogen (secondary N) is 1. The lowest BCUT2D eigenvalue weighted by Crippen LogP contribution is -2.26. The highest BCUT2D eigenvalue weighted by Crippen LogP contribution is 2.27. The monoisotopic (exact) mass is 411 g/mol. The summed E-state index contributed by atoms with van der Waals surface area (Å²) in [7, 11) is 3.29. The lowest BCUT2D eigenvalue weighted by Gasteiger charge is -2.20. The molecule has 1 heterocycles. The summed E-state index contributed by atoms with van der Waals surface area (Å²) in [6.45, 7) is 5.58. The van der Waals surface area contributed by atoms with E-state index in [1.54, 1.807) is 47.1 Å². The first-order valence-corrected chi connectivity index (χ1v) is 9.14. The summed E-state index contributed by atoms with van der Waals surface area (Å²) < 4.78 is 10.6. The van der Waals surface area contributed by atoms with Gasteiger partial charge in [0, 0.05) is 36.2 Å². The summed E-state index contributed by atoms with van der Waals surface area (Å²) >= 11 is 12.3. The quantitative estimate of drug-likeness (QED) is 0.704. The molecule has 0 unspecified atom stereocenters. The number of nitrogens with zero attached hydrogens (tertiary/aromatic N) is 2. The maximum absolute atomic E-state index is 12.4. The number of esters is 1. The SMILES string of the molecule is CNc1nc(C(=O)OC(C)(C)C)nc(COC)c1Cc1ccc(Cl)cc1Cl. The molecule has 0 amide bonds. The van der Waals surface area contributed by atoms with Gasteiger partial charge in [-0.15, -0.1) is 0 Å². The first kappa shape index (κ1) is 21.4. The van der Waals surface area contributed by atoms with E-state index in [-0.39, 0.29) is 12.4 Å². The second-order valence-electron chi connectivity index (χ2n) is 6.92. The highest BCUT2D eigenvalue weighted by atomic mass is 35.5. The van der Waals surface area contributed by atoms with Crippen molar-refractivity contribution in [3.05, 3.63) is 50.9 Å². The van der Waals surface area contributed by atoms with E-state index in [0.717, 1.165) is 11.1 Å². The molecule has 1 aromatic heterocycles.